The highest BCUT2D eigenvalue weighted by molar-refractivity contribution is 5.51. The van der Waals surface area contributed by atoms with E-state index in [0.29, 0.717) is 0 Å². The second-order valence-electron chi connectivity index (χ2n) is 6.93. The molecule has 2 aliphatic rings. The number of hydrogen-bond donors (Lipinski definition) is 2. The lowest BCUT2D eigenvalue weighted by molar-refractivity contribution is 0.266. The predicted molar refractivity (Wildman–Crippen MR) is 91.1 cm³/mol. The highest BCUT2D eigenvalue weighted by Crippen LogP contribution is 2.40. The summed E-state index contributed by atoms with van der Waals surface area (Å²) in [6, 6.07) is 12.8. The van der Waals surface area contributed by atoms with Crippen molar-refractivity contribution in [2.75, 3.05) is 13.1 Å². The fourth-order valence-corrected chi connectivity index (χ4v) is 3.88. The van der Waals surface area contributed by atoms with Gasteiger partial charge in [0.2, 0.25) is 0 Å². The van der Waals surface area contributed by atoms with Gasteiger partial charge in [0.05, 0.1) is 0 Å². The second-order valence-corrected chi connectivity index (χ2v) is 6.93. The summed E-state index contributed by atoms with van der Waals surface area (Å²) in [5.41, 5.74) is 4.94. The molecule has 3 heteroatoms. The Morgan fingerprint density at radius 2 is 1.74 bits per heavy atom. The van der Waals surface area contributed by atoms with E-state index in [9.17, 15) is 10.2 Å². The van der Waals surface area contributed by atoms with E-state index in [1.165, 1.54) is 24.0 Å². The van der Waals surface area contributed by atoms with Crippen LogP contribution in [0.2, 0.25) is 0 Å². The van der Waals surface area contributed by atoms with Crippen LogP contribution >= 0.6 is 0 Å². The average molecular weight is 309 g/mol. The van der Waals surface area contributed by atoms with Crippen LogP contribution in [0.25, 0.3) is 0 Å². The molecule has 120 valence electrons. The molecule has 0 bridgehead atoms. The molecular formula is C20H23NO2. The normalized spacial score (nSPS) is 21.7. The molecule has 0 radical (unpaired) electrons. The van der Waals surface area contributed by atoms with Gasteiger partial charge >= 0.3 is 0 Å². The summed E-state index contributed by atoms with van der Waals surface area (Å²) in [4.78, 5) is 2.59. The van der Waals surface area contributed by atoms with Gasteiger partial charge in [-0.05, 0) is 60.6 Å². The zero-order valence-corrected chi connectivity index (χ0v) is 13.5. The average Bonchev–Trinajstić information content (AvgIpc) is 3.36. The molecule has 0 saturated heterocycles. The third kappa shape index (κ3) is 2.70. The monoisotopic (exact) mass is 309 g/mol. The van der Waals surface area contributed by atoms with Crippen LogP contribution in [-0.2, 0) is 6.42 Å². The van der Waals surface area contributed by atoms with Gasteiger partial charge in [0.25, 0.3) is 0 Å². The molecule has 0 spiro atoms. The first kappa shape index (κ1) is 14.6. The Hall–Kier alpha value is -2.00. The minimum atomic E-state index is -0.0118. The third-order valence-electron chi connectivity index (χ3n) is 5.32. The molecular weight excluding hydrogens is 286 g/mol. The molecule has 1 aliphatic carbocycles. The van der Waals surface area contributed by atoms with Crippen molar-refractivity contribution < 1.29 is 10.2 Å². The van der Waals surface area contributed by atoms with E-state index in [-0.39, 0.29) is 17.4 Å². The van der Waals surface area contributed by atoms with Gasteiger partial charge in [-0.3, -0.25) is 4.90 Å². The molecule has 1 saturated carbocycles. The van der Waals surface area contributed by atoms with Gasteiger partial charge in [-0.15, -0.1) is 0 Å². The summed E-state index contributed by atoms with van der Waals surface area (Å²) in [7, 11) is 0. The summed E-state index contributed by atoms with van der Waals surface area (Å²) in [6.45, 7) is 4.18. The van der Waals surface area contributed by atoms with Crippen molar-refractivity contribution in [2.45, 2.75) is 38.1 Å². The topological polar surface area (TPSA) is 43.7 Å². The van der Waals surface area contributed by atoms with Crippen LogP contribution in [0.4, 0.5) is 0 Å². The number of benzene rings is 2. The van der Waals surface area contributed by atoms with E-state index in [0.717, 1.165) is 36.7 Å². The molecule has 1 aliphatic heterocycles. The van der Waals surface area contributed by atoms with Crippen molar-refractivity contribution in [1.82, 2.24) is 4.90 Å². The van der Waals surface area contributed by atoms with Gasteiger partial charge in [0, 0.05) is 25.0 Å². The van der Waals surface area contributed by atoms with Crippen LogP contribution in [0.15, 0.2) is 36.4 Å². The number of phenols is 2. The Kier molecular flexibility index (Phi) is 3.53. The lowest BCUT2D eigenvalue weighted by Gasteiger charge is -2.26. The SMILES string of the molecule is Cc1ccccc1C1CN(C2CC2)CCc2cc(O)c(O)cc21. The first-order valence-corrected chi connectivity index (χ1v) is 8.48. The van der Waals surface area contributed by atoms with E-state index in [1.807, 2.05) is 0 Å². The Morgan fingerprint density at radius 1 is 1.00 bits per heavy atom. The van der Waals surface area contributed by atoms with E-state index in [4.69, 9.17) is 0 Å². The van der Waals surface area contributed by atoms with Crippen LogP contribution in [-0.4, -0.2) is 34.2 Å². The van der Waals surface area contributed by atoms with Crippen LogP contribution in [0.3, 0.4) is 0 Å². The summed E-state index contributed by atoms with van der Waals surface area (Å²) in [5, 5.41) is 19.9. The number of nitrogens with zero attached hydrogens (tertiary/aromatic N) is 1. The molecule has 2 aromatic rings. The number of fused-ring (bicyclic) bond motifs is 1. The van der Waals surface area contributed by atoms with Gasteiger partial charge in [-0.1, -0.05) is 24.3 Å². The van der Waals surface area contributed by atoms with Crippen molar-refractivity contribution in [3.05, 3.63) is 58.7 Å². The number of hydrogen-bond acceptors (Lipinski definition) is 3. The first-order valence-electron chi connectivity index (χ1n) is 8.48. The molecule has 23 heavy (non-hydrogen) atoms. The number of aryl methyl sites for hydroxylation is 1. The Labute approximate surface area is 137 Å². The fraction of sp³-hybridized carbons (Fsp3) is 0.400. The molecule has 3 nitrogen and oxygen atoms in total. The van der Waals surface area contributed by atoms with E-state index in [1.54, 1.807) is 12.1 Å². The first-order chi connectivity index (χ1) is 11.1. The second kappa shape index (κ2) is 5.57. The zero-order valence-electron chi connectivity index (χ0n) is 13.5. The largest absolute Gasteiger partial charge is 0.504 e. The molecule has 0 aromatic heterocycles. The lowest BCUT2D eigenvalue weighted by atomic mass is 9.85. The number of phenolic OH excluding ortho intramolecular Hbond substituents is 2. The summed E-state index contributed by atoms with van der Waals surface area (Å²) >= 11 is 0. The minimum absolute atomic E-state index is 0.00726. The standard InChI is InChI=1S/C20H23NO2/c1-13-4-2-3-5-16(13)18-12-21(15-6-7-15)9-8-14-10-19(22)20(23)11-17(14)18/h2-5,10-11,15,18,22-23H,6-9,12H2,1H3. The van der Waals surface area contributed by atoms with Crippen molar-refractivity contribution in [2.24, 2.45) is 0 Å². The number of aromatic hydroxyl groups is 2. The van der Waals surface area contributed by atoms with Gasteiger partial charge in [0.15, 0.2) is 11.5 Å². The van der Waals surface area contributed by atoms with E-state index < -0.39 is 0 Å². The van der Waals surface area contributed by atoms with Gasteiger partial charge < -0.3 is 10.2 Å². The molecule has 1 heterocycles. The van der Waals surface area contributed by atoms with Crippen molar-refractivity contribution in [1.29, 1.82) is 0 Å². The molecule has 1 fully saturated rings. The lowest BCUT2D eigenvalue weighted by Crippen LogP contribution is -2.31. The predicted octanol–water partition coefficient (Wildman–Crippen LogP) is 3.56. The van der Waals surface area contributed by atoms with Gasteiger partial charge in [-0.25, -0.2) is 0 Å². The molecule has 1 atom stereocenters. The molecule has 1 unspecified atom stereocenters. The quantitative estimate of drug-likeness (QED) is 0.834. The molecule has 0 amide bonds. The van der Waals surface area contributed by atoms with Gasteiger partial charge in [-0.2, -0.15) is 0 Å². The summed E-state index contributed by atoms with van der Waals surface area (Å²) in [5.74, 6) is 0.232. The fourth-order valence-electron chi connectivity index (χ4n) is 3.88. The summed E-state index contributed by atoms with van der Waals surface area (Å²) < 4.78 is 0. The van der Waals surface area contributed by atoms with Crippen LogP contribution in [0.1, 0.15) is 41.0 Å². The summed E-state index contributed by atoms with van der Waals surface area (Å²) in [6.07, 6.45) is 3.53. The van der Waals surface area contributed by atoms with Crippen molar-refractivity contribution >= 4 is 0 Å². The maximum atomic E-state index is 10.0. The highest BCUT2D eigenvalue weighted by Gasteiger charge is 2.34. The molecule has 2 aromatic carbocycles. The smallest absolute Gasteiger partial charge is 0.157 e. The highest BCUT2D eigenvalue weighted by atomic mass is 16.3. The van der Waals surface area contributed by atoms with Crippen LogP contribution < -0.4 is 0 Å². The molecule has 4 rings (SSSR count). The third-order valence-corrected chi connectivity index (χ3v) is 5.32. The Morgan fingerprint density at radius 3 is 2.48 bits per heavy atom. The molecule has 2 N–H and O–H groups in total. The Balaban J connectivity index is 1.83. The van der Waals surface area contributed by atoms with E-state index in [2.05, 4.69) is 36.1 Å². The van der Waals surface area contributed by atoms with Gasteiger partial charge in [0.1, 0.15) is 0 Å². The maximum absolute atomic E-state index is 10.0. The minimum Gasteiger partial charge on any atom is -0.504 e. The van der Waals surface area contributed by atoms with E-state index >= 15 is 0 Å². The van der Waals surface area contributed by atoms with Crippen LogP contribution in [0, 0.1) is 6.92 Å². The van der Waals surface area contributed by atoms with Crippen molar-refractivity contribution in [3.8, 4) is 11.5 Å². The number of rotatable bonds is 2. The maximum Gasteiger partial charge on any atom is 0.157 e. The Bertz CT molecular complexity index is 736. The zero-order chi connectivity index (χ0) is 16.0. The van der Waals surface area contributed by atoms with Crippen LogP contribution in [0.5, 0.6) is 11.5 Å². The van der Waals surface area contributed by atoms with Crippen molar-refractivity contribution in [3.63, 3.8) is 0 Å².